The van der Waals surface area contributed by atoms with E-state index in [1.807, 2.05) is 0 Å². The molecule has 0 spiro atoms. The molecule has 0 amide bonds. The van der Waals surface area contributed by atoms with E-state index in [0.29, 0.717) is 12.0 Å². The number of phenolic OH excluding ortho intramolecular Hbond substituents is 1. The number of nitro benzene ring substituents is 2. The monoisotopic (exact) mass is 436 g/mol. The minimum Gasteiger partial charge on any atom is -0.497 e. The van der Waals surface area contributed by atoms with Crippen molar-refractivity contribution in [2.24, 2.45) is 0 Å². The quantitative estimate of drug-likeness (QED) is 0.134. The van der Waals surface area contributed by atoms with Crippen molar-refractivity contribution in [2.45, 2.75) is 116 Å². The lowest BCUT2D eigenvalue weighted by atomic mass is 10.0. The molecular weight excluding hydrogens is 396 g/mol. The molecule has 0 aliphatic heterocycles. The third kappa shape index (κ3) is 11.7. The first-order valence-electron chi connectivity index (χ1n) is 12.1. The molecule has 0 fully saturated rings. The van der Waals surface area contributed by atoms with Crippen LogP contribution in [-0.4, -0.2) is 15.0 Å². The van der Waals surface area contributed by atoms with E-state index in [1.54, 1.807) is 0 Å². The molecule has 7 nitrogen and oxygen atoms in total. The third-order valence-electron chi connectivity index (χ3n) is 5.84. The van der Waals surface area contributed by atoms with Gasteiger partial charge in [0.15, 0.2) is 0 Å². The van der Waals surface area contributed by atoms with Gasteiger partial charge in [-0.05, 0) is 18.4 Å². The van der Waals surface area contributed by atoms with Gasteiger partial charge in [0.2, 0.25) is 0 Å². The number of benzene rings is 1. The Bertz CT molecular complexity index is 628. The molecule has 0 unspecified atom stereocenters. The first-order chi connectivity index (χ1) is 15.0. The van der Waals surface area contributed by atoms with Crippen molar-refractivity contribution in [1.82, 2.24) is 0 Å². The van der Waals surface area contributed by atoms with E-state index in [2.05, 4.69) is 6.92 Å². The summed E-state index contributed by atoms with van der Waals surface area (Å²) >= 11 is 0. The van der Waals surface area contributed by atoms with Crippen LogP contribution in [0.5, 0.6) is 5.75 Å². The Hall–Kier alpha value is -2.18. The summed E-state index contributed by atoms with van der Waals surface area (Å²) < 4.78 is 0. The highest BCUT2D eigenvalue weighted by Gasteiger charge is 2.25. The number of hydrogen-bond acceptors (Lipinski definition) is 5. The van der Waals surface area contributed by atoms with E-state index in [0.717, 1.165) is 19.3 Å². The van der Waals surface area contributed by atoms with Crippen LogP contribution in [0, 0.1) is 20.2 Å². The van der Waals surface area contributed by atoms with Crippen LogP contribution in [0.15, 0.2) is 12.1 Å². The van der Waals surface area contributed by atoms with E-state index >= 15 is 0 Å². The topological polar surface area (TPSA) is 107 Å². The summed E-state index contributed by atoms with van der Waals surface area (Å²) in [6, 6.07) is 2.49. The van der Waals surface area contributed by atoms with Gasteiger partial charge in [0.1, 0.15) is 0 Å². The lowest BCUT2D eigenvalue weighted by Crippen LogP contribution is -1.97. The molecule has 0 aliphatic carbocycles. The van der Waals surface area contributed by atoms with Crippen LogP contribution in [0.1, 0.15) is 115 Å². The van der Waals surface area contributed by atoms with Crippen molar-refractivity contribution in [3.8, 4) is 5.75 Å². The predicted molar refractivity (Wildman–Crippen MR) is 125 cm³/mol. The van der Waals surface area contributed by atoms with Crippen molar-refractivity contribution in [3.05, 3.63) is 37.9 Å². The van der Waals surface area contributed by atoms with Gasteiger partial charge in [-0.15, -0.1) is 0 Å². The molecule has 0 heterocycles. The summed E-state index contributed by atoms with van der Waals surface area (Å²) in [6.45, 7) is 2.25. The number of phenols is 1. The van der Waals surface area contributed by atoms with Crippen LogP contribution in [0.25, 0.3) is 0 Å². The average Bonchev–Trinajstić information content (AvgIpc) is 2.73. The molecule has 0 bridgehead atoms. The average molecular weight is 437 g/mol. The van der Waals surface area contributed by atoms with Crippen LogP contribution in [0.3, 0.4) is 0 Å². The number of hydrogen-bond donors (Lipinski definition) is 1. The van der Waals surface area contributed by atoms with E-state index in [-0.39, 0.29) is 0 Å². The van der Waals surface area contributed by atoms with Gasteiger partial charge in [-0.2, -0.15) is 0 Å². The zero-order valence-corrected chi connectivity index (χ0v) is 19.2. The highest BCUT2D eigenvalue weighted by Crippen LogP contribution is 2.37. The fourth-order valence-electron chi connectivity index (χ4n) is 3.96. The molecule has 0 aromatic heterocycles. The molecule has 0 atom stereocenters. The Balaban J connectivity index is 2.07. The summed E-state index contributed by atoms with van der Waals surface area (Å²) in [5.41, 5.74) is -0.664. The number of unbranched alkanes of at least 4 members (excludes halogenated alkanes) is 15. The van der Waals surface area contributed by atoms with Crippen molar-refractivity contribution >= 4 is 11.4 Å². The van der Waals surface area contributed by atoms with Crippen LogP contribution in [0.2, 0.25) is 0 Å². The van der Waals surface area contributed by atoms with Gasteiger partial charge in [0.25, 0.3) is 5.75 Å². The van der Waals surface area contributed by atoms with Crippen LogP contribution in [-0.2, 0) is 6.42 Å². The van der Waals surface area contributed by atoms with E-state index in [9.17, 15) is 25.3 Å². The fourth-order valence-corrected chi connectivity index (χ4v) is 3.96. The molecule has 1 aromatic carbocycles. The predicted octanol–water partition coefficient (Wildman–Crippen LogP) is 8.01. The SMILES string of the molecule is CCCCCCCCCCCCCCCCCCc1cc([N+](=O)[O-])c(O)c([N+](=O)[O-])c1. The second-order valence-corrected chi connectivity index (χ2v) is 8.55. The van der Waals surface area contributed by atoms with Crippen molar-refractivity contribution < 1.29 is 15.0 Å². The smallest absolute Gasteiger partial charge is 0.318 e. The number of nitrogens with zero attached hydrogens (tertiary/aromatic N) is 2. The Morgan fingerprint density at radius 1 is 0.645 bits per heavy atom. The number of aryl methyl sites for hydroxylation is 1. The summed E-state index contributed by atoms with van der Waals surface area (Å²) in [4.78, 5) is 20.4. The summed E-state index contributed by atoms with van der Waals surface area (Å²) in [5, 5.41) is 31.7. The van der Waals surface area contributed by atoms with Crippen LogP contribution < -0.4 is 0 Å². The zero-order valence-electron chi connectivity index (χ0n) is 19.2. The van der Waals surface area contributed by atoms with E-state index in [1.165, 1.54) is 95.6 Å². The van der Waals surface area contributed by atoms with Gasteiger partial charge in [0.05, 0.1) is 9.85 Å². The van der Waals surface area contributed by atoms with E-state index < -0.39 is 27.0 Å². The Morgan fingerprint density at radius 2 is 0.968 bits per heavy atom. The first kappa shape index (κ1) is 26.9. The van der Waals surface area contributed by atoms with Crippen molar-refractivity contribution in [2.75, 3.05) is 0 Å². The first-order valence-corrected chi connectivity index (χ1v) is 12.1. The summed E-state index contributed by atoms with van der Waals surface area (Å²) in [5.74, 6) is -0.870. The second kappa shape index (κ2) is 16.5. The largest absolute Gasteiger partial charge is 0.497 e. The minimum atomic E-state index is -0.870. The standard InChI is InChI=1S/C24H40N2O5/c1-2-3-4-5-6-7-8-9-10-11-12-13-14-15-16-17-18-21-19-22(25(28)29)24(27)23(20-21)26(30)31/h19-20,27H,2-18H2,1H3. The number of rotatable bonds is 19. The maximum atomic E-state index is 11.0. The molecule has 0 saturated heterocycles. The zero-order chi connectivity index (χ0) is 22.9. The summed E-state index contributed by atoms with van der Waals surface area (Å²) in [6.07, 6.45) is 20.9. The van der Waals surface area contributed by atoms with Gasteiger partial charge >= 0.3 is 11.4 Å². The van der Waals surface area contributed by atoms with Crippen LogP contribution >= 0.6 is 0 Å². The van der Waals surface area contributed by atoms with Gasteiger partial charge < -0.3 is 5.11 Å². The number of nitro groups is 2. The Morgan fingerprint density at radius 3 is 1.29 bits per heavy atom. The molecule has 1 aromatic rings. The molecule has 31 heavy (non-hydrogen) atoms. The molecule has 1 rings (SSSR count). The molecule has 7 heteroatoms. The maximum absolute atomic E-state index is 11.0. The normalized spacial score (nSPS) is 11.0. The lowest BCUT2D eigenvalue weighted by molar-refractivity contribution is -0.396. The summed E-state index contributed by atoms with van der Waals surface area (Å²) in [7, 11) is 0. The molecular formula is C24H40N2O5. The van der Waals surface area contributed by atoms with Gasteiger partial charge in [-0.1, -0.05) is 103 Å². The maximum Gasteiger partial charge on any atom is 0.318 e. The second-order valence-electron chi connectivity index (χ2n) is 8.55. The molecule has 0 aliphatic rings. The highest BCUT2D eigenvalue weighted by molar-refractivity contribution is 5.61. The number of aromatic hydroxyl groups is 1. The molecule has 1 N–H and O–H groups in total. The van der Waals surface area contributed by atoms with Crippen LogP contribution in [0.4, 0.5) is 11.4 Å². The molecule has 0 saturated carbocycles. The Kier molecular flexibility index (Phi) is 14.3. The Labute approximate surface area is 186 Å². The van der Waals surface area contributed by atoms with Gasteiger partial charge in [-0.25, -0.2) is 0 Å². The van der Waals surface area contributed by atoms with Gasteiger partial charge in [-0.3, -0.25) is 20.2 Å². The van der Waals surface area contributed by atoms with E-state index in [4.69, 9.17) is 0 Å². The fraction of sp³-hybridized carbons (Fsp3) is 0.750. The third-order valence-corrected chi connectivity index (χ3v) is 5.84. The van der Waals surface area contributed by atoms with Crippen molar-refractivity contribution in [3.63, 3.8) is 0 Å². The van der Waals surface area contributed by atoms with Crippen molar-refractivity contribution in [1.29, 1.82) is 0 Å². The lowest BCUT2D eigenvalue weighted by Gasteiger charge is -2.05. The molecule has 0 radical (unpaired) electrons. The molecule has 176 valence electrons. The highest BCUT2D eigenvalue weighted by atomic mass is 16.6. The van der Waals surface area contributed by atoms with Gasteiger partial charge in [0, 0.05) is 12.1 Å². The minimum absolute atomic E-state index is 0.529.